The normalized spacial score (nSPS) is 18.4. The molecule has 1 unspecified atom stereocenters. The molecule has 1 aliphatic heterocycles. The van der Waals surface area contributed by atoms with Crippen LogP contribution in [0.5, 0.6) is 0 Å². The fourth-order valence-electron chi connectivity index (χ4n) is 2.80. The number of ether oxygens (including phenoxy) is 1. The van der Waals surface area contributed by atoms with Crippen LogP contribution in [-0.4, -0.2) is 41.5 Å². The predicted molar refractivity (Wildman–Crippen MR) is 78.9 cm³/mol. The largest absolute Gasteiger partial charge is 0.462 e. The van der Waals surface area contributed by atoms with Crippen LogP contribution in [0.15, 0.2) is 30.5 Å². The van der Waals surface area contributed by atoms with Crippen LogP contribution < -0.4 is 0 Å². The third-order valence-corrected chi connectivity index (χ3v) is 3.93. The van der Waals surface area contributed by atoms with Gasteiger partial charge in [0.25, 0.3) is 0 Å². The Balaban J connectivity index is 1.65. The van der Waals surface area contributed by atoms with Gasteiger partial charge in [0.05, 0.1) is 17.7 Å². The fourth-order valence-corrected chi connectivity index (χ4v) is 2.80. The van der Waals surface area contributed by atoms with Crippen LogP contribution in [-0.2, 0) is 9.53 Å². The lowest BCUT2D eigenvalue weighted by Gasteiger charge is -2.13. The molecule has 0 bridgehead atoms. The molecule has 2 heterocycles. The molecule has 1 aromatic heterocycles. The molecule has 1 N–H and O–H groups in total. The molecule has 0 spiro atoms. The van der Waals surface area contributed by atoms with Gasteiger partial charge in [-0.3, -0.25) is 4.79 Å². The first-order valence-corrected chi connectivity index (χ1v) is 7.20. The number of carbonyl (C=O) groups is 2. The molecule has 3 rings (SSSR count). The summed E-state index contributed by atoms with van der Waals surface area (Å²) in [6, 6.07) is 7.45. The van der Waals surface area contributed by atoms with Gasteiger partial charge in [-0.05, 0) is 19.1 Å². The van der Waals surface area contributed by atoms with Crippen molar-refractivity contribution in [3.05, 3.63) is 36.0 Å². The van der Waals surface area contributed by atoms with E-state index in [4.69, 9.17) is 4.74 Å². The lowest BCUT2D eigenvalue weighted by Crippen LogP contribution is -2.25. The summed E-state index contributed by atoms with van der Waals surface area (Å²) in [5.41, 5.74) is 1.33. The van der Waals surface area contributed by atoms with E-state index < -0.39 is 0 Å². The van der Waals surface area contributed by atoms with E-state index >= 15 is 0 Å². The Bertz CT molecular complexity index is 677. The maximum absolute atomic E-state index is 12.2. The number of nitrogens with one attached hydrogen (secondary N) is 1. The second kappa shape index (κ2) is 5.60. The van der Waals surface area contributed by atoms with Gasteiger partial charge in [0.1, 0.15) is 0 Å². The zero-order chi connectivity index (χ0) is 14.8. The van der Waals surface area contributed by atoms with Gasteiger partial charge in [0.15, 0.2) is 0 Å². The number of rotatable bonds is 4. The predicted octanol–water partition coefficient (Wildman–Crippen LogP) is 2.19. The number of aromatic nitrogens is 1. The van der Waals surface area contributed by atoms with Crippen LogP contribution in [0.1, 0.15) is 23.7 Å². The summed E-state index contributed by atoms with van der Waals surface area (Å²) >= 11 is 0. The standard InChI is InChI=1S/C16H18N2O3/c1-2-18-9-11(8-14(18)19)10-21-16(20)13-5-3-4-12-6-7-17-15(12)13/h3-7,11,17H,2,8-10H2,1H3. The minimum atomic E-state index is -0.342. The number of amides is 1. The molecule has 21 heavy (non-hydrogen) atoms. The molecule has 5 heteroatoms. The van der Waals surface area contributed by atoms with E-state index in [1.807, 2.05) is 25.1 Å². The highest BCUT2D eigenvalue weighted by molar-refractivity contribution is 6.02. The third kappa shape index (κ3) is 2.63. The molecule has 0 aliphatic carbocycles. The van der Waals surface area contributed by atoms with E-state index in [1.165, 1.54) is 0 Å². The molecule has 1 aliphatic rings. The molecule has 1 amide bonds. The molecule has 1 saturated heterocycles. The highest BCUT2D eigenvalue weighted by Crippen LogP contribution is 2.20. The van der Waals surface area contributed by atoms with Gasteiger partial charge in [-0.25, -0.2) is 4.79 Å². The first-order chi connectivity index (χ1) is 10.2. The summed E-state index contributed by atoms with van der Waals surface area (Å²) in [4.78, 5) is 28.7. The van der Waals surface area contributed by atoms with Crippen LogP contribution in [0, 0.1) is 5.92 Å². The Morgan fingerprint density at radius 1 is 1.43 bits per heavy atom. The van der Waals surface area contributed by atoms with Crippen LogP contribution in [0.2, 0.25) is 0 Å². The number of benzene rings is 1. The highest BCUT2D eigenvalue weighted by atomic mass is 16.5. The zero-order valence-electron chi connectivity index (χ0n) is 12.0. The number of para-hydroxylation sites is 1. The van der Waals surface area contributed by atoms with Crippen molar-refractivity contribution in [1.29, 1.82) is 0 Å². The van der Waals surface area contributed by atoms with Crippen molar-refractivity contribution in [2.45, 2.75) is 13.3 Å². The topological polar surface area (TPSA) is 62.4 Å². The monoisotopic (exact) mass is 286 g/mol. The summed E-state index contributed by atoms with van der Waals surface area (Å²) in [6.45, 7) is 3.64. The van der Waals surface area contributed by atoms with Crippen molar-refractivity contribution in [1.82, 2.24) is 9.88 Å². The maximum atomic E-state index is 12.2. The fraction of sp³-hybridized carbons (Fsp3) is 0.375. The molecule has 1 atom stereocenters. The van der Waals surface area contributed by atoms with Gasteiger partial charge >= 0.3 is 5.97 Å². The Morgan fingerprint density at radius 3 is 3.05 bits per heavy atom. The Morgan fingerprint density at radius 2 is 2.29 bits per heavy atom. The average Bonchev–Trinajstić information content (AvgIpc) is 3.10. The van der Waals surface area contributed by atoms with Gasteiger partial charge < -0.3 is 14.6 Å². The van der Waals surface area contributed by atoms with Gasteiger partial charge in [-0.1, -0.05) is 12.1 Å². The van der Waals surface area contributed by atoms with Gasteiger partial charge in [0.2, 0.25) is 5.91 Å². The van der Waals surface area contributed by atoms with Crippen LogP contribution in [0.4, 0.5) is 0 Å². The van der Waals surface area contributed by atoms with E-state index in [0.29, 0.717) is 25.1 Å². The second-order valence-electron chi connectivity index (χ2n) is 5.35. The minimum Gasteiger partial charge on any atom is -0.462 e. The second-order valence-corrected chi connectivity index (χ2v) is 5.35. The number of esters is 1. The molecule has 0 saturated carbocycles. The van der Waals surface area contributed by atoms with E-state index in [9.17, 15) is 9.59 Å². The van der Waals surface area contributed by atoms with E-state index in [2.05, 4.69) is 4.98 Å². The SMILES string of the molecule is CCN1CC(COC(=O)c2cccc3cc[nH]c23)CC1=O. The number of likely N-dealkylation sites (tertiary alicyclic amines) is 1. The van der Waals surface area contributed by atoms with Crippen molar-refractivity contribution >= 4 is 22.8 Å². The first kappa shape index (κ1) is 13.7. The van der Waals surface area contributed by atoms with Gasteiger partial charge in [-0.15, -0.1) is 0 Å². The van der Waals surface area contributed by atoms with E-state index in [0.717, 1.165) is 10.9 Å². The van der Waals surface area contributed by atoms with Gasteiger partial charge in [-0.2, -0.15) is 0 Å². The smallest absolute Gasteiger partial charge is 0.340 e. The third-order valence-electron chi connectivity index (χ3n) is 3.93. The van der Waals surface area contributed by atoms with Crippen molar-refractivity contribution in [3.63, 3.8) is 0 Å². The summed E-state index contributed by atoms with van der Waals surface area (Å²) in [6.07, 6.45) is 2.27. The average molecular weight is 286 g/mol. The molecule has 2 aromatic rings. The molecule has 1 aromatic carbocycles. The van der Waals surface area contributed by atoms with Crippen molar-refractivity contribution in [2.75, 3.05) is 19.7 Å². The molecule has 110 valence electrons. The van der Waals surface area contributed by atoms with Crippen LogP contribution in [0.25, 0.3) is 10.9 Å². The molecular weight excluding hydrogens is 268 g/mol. The minimum absolute atomic E-state index is 0.101. The quantitative estimate of drug-likeness (QED) is 0.876. The van der Waals surface area contributed by atoms with E-state index in [-0.39, 0.29) is 24.4 Å². The number of hydrogen-bond donors (Lipinski definition) is 1. The first-order valence-electron chi connectivity index (χ1n) is 7.20. The summed E-state index contributed by atoms with van der Waals surface area (Å²) in [5, 5.41) is 0.984. The molecule has 0 radical (unpaired) electrons. The summed E-state index contributed by atoms with van der Waals surface area (Å²) in [7, 11) is 0. The summed E-state index contributed by atoms with van der Waals surface area (Å²) < 4.78 is 5.39. The Labute approximate surface area is 122 Å². The molecular formula is C16H18N2O3. The van der Waals surface area contributed by atoms with Crippen LogP contribution >= 0.6 is 0 Å². The molecule has 5 nitrogen and oxygen atoms in total. The lowest BCUT2D eigenvalue weighted by atomic mass is 10.1. The van der Waals surface area contributed by atoms with Crippen molar-refractivity contribution < 1.29 is 14.3 Å². The number of carbonyl (C=O) groups excluding carboxylic acids is 2. The number of aromatic amines is 1. The number of hydrogen-bond acceptors (Lipinski definition) is 3. The van der Waals surface area contributed by atoms with Crippen LogP contribution in [0.3, 0.4) is 0 Å². The zero-order valence-corrected chi connectivity index (χ0v) is 12.0. The van der Waals surface area contributed by atoms with Gasteiger partial charge in [0, 0.05) is 37.0 Å². The Hall–Kier alpha value is -2.30. The number of fused-ring (bicyclic) bond motifs is 1. The number of nitrogens with zero attached hydrogens (tertiary/aromatic N) is 1. The molecule has 1 fully saturated rings. The number of H-pyrrole nitrogens is 1. The summed E-state index contributed by atoms with van der Waals surface area (Å²) in [5.74, 6) is -0.0975. The maximum Gasteiger partial charge on any atom is 0.340 e. The van der Waals surface area contributed by atoms with Crippen molar-refractivity contribution in [3.8, 4) is 0 Å². The highest BCUT2D eigenvalue weighted by Gasteiger charge is 2.29. The van der Waals surface area contributed by atoms with E-state index in [1.54, 1.807) is 17.2 Å². The lowest BCUT2D eigenvalue weighted by molar-refractivity contribution is -0.127. The Kier molecular flexibility index (Phi) is 3.64. The van der Waals surface area contributed by atoms with Crippen molar-refractivity contribution in [2.24, 2.45) is 5.92 Å².